The quantitative estimate of drug-likeness (QED) is 0.432. The number of benzene rings is 3. The molecule has 0 bridgehead atoms. The molecule has 0 fully saturated rings. The number of aryl methyl sites for hydroxylation is 1. The number of nitrogens with one attached hydrogen (secondary N) is 1. The van der Waals surface area contributed by atoms with Crippen LogP contribution in [0.5, 0.6) is 5.75 Å². The van der Waals surface area contributed by atoms with E-state index in [0.29, 0.717) is 11.4 Å². The lowest BCUT2D eigenvalue weighted by molar-refractivity contribution is -0.119. The maximum atomic E-state index is 13.2. The Hall–Kier alpha value is -3.65. The Morgan fingerprint density at radius 2 is 1.74 bits per heavy atom. The SMILES string of the molecule is COc1ccc(/C=N\NC(=O)CN(c2cccc(C)c2)S(=O)(=O)c2ccccc2)cc1. The number of methoxy groups -OCH3 is 1. The average molecular weight is 438 g/mol. The highest BCUT2D eigenvalue weighted by Gasteiger charge is 2.27. The van der Waals surface area contributed by atoms with Crippen LogP contribution in [-0.4, -0.2) is 34.2 Å². The summed E-state index contributed by atoms with van der Waals surface area (Å²) >= 11 is 0. The Morgan fingerprint density at radius 3 is 2.39 bits per heavy atom. The predicted octanol–water partition coefficient (Wildman–Crippen LogP) is 3.35. The van der Waals surface area contributed by atoms with Gasteiger partial charge in [-0.15, -0.1) is 0 Å². The van der Waals surface area contributed by atoms with E-state index in [0.717, 1.165) is 15.4 Å². The summed E-state index contributed by atoms with van der Waals surface area (Å²) in [6.07, 6.45) is 1.47. The molecule has 0 aliphatic rings. The van der Waals surface area contributed by atoms with Crippen molar-refractivity contribution in [1.29, 1.82) is 0 Å². The van der Waals surface area contributed by atoms with Crippen molar-refractivity contribution in [2.24, 2.45) is 5.10 Å². The van der Waals surface area contributed by atoms with E-state index >= 15 is 0 Å². The molecule has 3 aromatic carbocycles. The number of ether oxygens (including phenoxy) is 1. The third-order valence-corrected chi connectivity index (χ3v) is 6.21. The molecule has 0 aliphatic heterocycles. The third-order valence-electron chi connectivity index (χ3n) is 4.43. The summed E-state index contributed by atoms with van der Waals surface area (Å²) in [6, 6.07) is 22.1. The van der Waals surface area contributed by atoms with Crippen molar-refractivity contribution in [2.75, 3.05) is 18.0 Å². The van der Waals surface area contributed by atoms with Crippen molar-refractivity contribution < 1.29 is 17.9 Å². The molecule has 0 spiro atoms. The van der Waals surface area contributed by atoms with Gasteiger partial charge in [-0.25, -0.2) is 13.8 Å². The zero-order valence-electron chi connectivity index (χ0n) is 17.2. The second-order valence-electron chi connectivity index (χ2n) is 6.73. The van der Waals surface area contributed by atoms with Crippen molar-refractivity contribution in [3.63, 3.8) is 0 Å². The number of hydrazone groups is 1. The lowest BCUT2D eigenvalue weighted by Crippen LogP contribution is -2.39. The molecule has 0 heterocycles. The summed E-state index contributed by atoms with van der Waals surface area (Å²) in [6.45, 7) is 1.44. The smallest absolute Gasteiger partial charge is 0.264 e. The lowest BCUT2D eigenvalue weighted by Gasteiger charge is -2.24. The van der Waals surface area contributed by atoms with Gasteiger partial charge >= 0.3 is 0 Å². The van der Waals surface area contributed by atoms with Crippen LogP contribution in [0.3, 0.4) is 0 Å². The summed E-state index contributed by atoms with van der Waals surface area (Å²) in [7, 11) is -2.37. The van der Waals surface area contributed by atoms with Crippen LogP contribution < -0.4 is 14.5 Å². The highest BCUT2D eigenvalue weighted by Crippen LogP contribution is 2.24. The van der Waals surface area contributed by atoms with Gasteiger partial charge in [-0.3, -0.25) is 9.10 Å². The summed E-state index contributed by atoms with van der Waals surface area (Å²) in [5.74, 6) is 0.145. The van der Waals surface area contributed by atoms with E-state index in [9.17, 15) is 13.2 Å². The Bertz CT molecular complexity index is 1160. The molecule has 0 unspecified atom stereocenters. The minimum Gasteiger partial charge on any atom is -0.497 e. The molecule has 160 valence electrons. The van der Waals surface area contributed by atoms with E-state index in [2.05, 4.69) is 10.5 Å². The van der Waals surface area contributed by atoms with Gasteiger partial charge in [0.2, 0.25) is 0 Å². The van der Waals surface area contributed by atoms with Crippen LogP contribution in [0.1, 0.15) is 11.1 Å². The number of amides is 1. The van der Waals surface area contributed by atoms with Crippen LogP contribution in [0.25, 0.3) is 0 Å². The van der Waals surface area contributed by atoms with Crippen LogP contribution in [0.2, 0.25) is 0 Å². The predicted molar refractivity (Wildman–Crippen MR) is 121 cm³/mol. The standard InChI is InChI=1S/C23H23N3O4S/c1-18-7-6-8-20(15-18)26(31(28,29)22-9-4-3-5-10-22)17-23(27)25-24-16-19-11-13-21(30-2)14-12-19/h3-16H,17H2,1-2H3,(H,25,27)/b24-16-. The molecule has 1 N–H and O–H groups in total. The number of hydrogen-bond donors (Lipinski definition) is 1. The fraction of sp³-hybridized carbons (Fsp3) is 0.130. The van der Waals surface area contributed by atoms with Crippen LogP contribution in [0.15, 0.2) is 88.9 Å². The molecule has 0 saturated carbocycles. The zero-order valence-corrected chi connectivity index (χ0v) is 18.0. The van der Waals surface area contributed by atoms with Gasteiger partial charge in [0.25, 0.3) is 15.9 Å². The molecular formula is C23H23N3O4S. The van der Waals surface area contributed by atoms with Gasteiger partial charge in [-0.2, -0.15) is 5.10 Å². The summed E-state index contributed by atoms with van der Waals surface area (Å²) in [5.41, 5.74) is 4.43. The molecule has 3 rings (SSSR count). The van der Waals surface area contributed by atoms with Crippen LogP contribution in [0.4, 0.5) is 5.69 Å². The Labute approximate surface area is 182 Å². The number of nitrogens with zero attached hydrogens (tertiary/aromatic N) is 2. The largest absolute Gasteiger partial charge is 0.497 e. The maximum Gasteiger partial charge on any atom is 0.264 e. The molecule has 1 amide bonds. The Balaban J connectivity index is 1.79. The van der Waals surface area contributed by atoms with Crippen molar-refractivity contribution in [2.45, 2.75) is 11.8 Å². The van der Waals surface area contributed by atoms with Gasteiger partial charge in [0, 0.05) is 0 Å². The molecule has 8 heteroatoms. The van der Waals surface area contributed by atoms with Crippen molar-refractivity contribution in [3.8, 4) is 5.75 Å². The fourth-order valence-corrected chi connectivity index (χ4v) is 4.29. The van der Waals surface area contributed by atoms with E-state index in [1.165, 1.54) is 18.3 Å². The Kier molecular flexibility index (Phi) is 7.04. The van der Waals surface area contributed by atoms with Crippen molar-refractivity contribution in [1.82, 2.24) is 5.43 Å². The van der Waals surface area contributed by atoms with Gasteiger partial charge in [0.15, 0.2) is 0 Å². The molecular weight excluding hydrogens is 414 g/mol. The van der Waals surface area contributed by atoms with E-state index in [-0.39, 0.29) is 4.90 Å². The number of carbonyl (C=O) groups is 1. The summed E-state index contributed by atoms with van der Waals surface area (Å²) in [5, 5.41) is 3.93. The first-order valence-corrected chi connectivity index (χ1v) is 10.9. The van der Waals surface area contributed by atoms with Crippen molar-refractivity contribution >= 4 is 27.8 Å². The molecule has 0 atom stereocenters. The van der Waals surface area contributed by atoms with Crippen molar-refractivity contribution in [3.05, 3.63) is 90.0 Å². The second kappa shape index (κ2) is 9.90. The van der Waals surface area contributed by atoms with Gasteiger partial charge in [-0.05, 0) is 66.6 Å². The second-order valence-corrected chi connectivity index (χ2v) is 8.59. The minimum absolute atomic E-state index is 0.103. The molecule has 3 aromatic rings. The number of carbonyl (C=O) groups excluding carboxylic acids is 1. The fourth-order valence-electron chi connectivity index (χ4n) is 2.85. The first-order chi connectivity index (χ1) is 14.9. The minimum atomic E-state index is -3.94. The lowest BCUT2D eigenvalue weighted by atomic mass is 10.2. The average Bonchev–Trinajstić information content (AvgIpc) is 2.78. The number of anilines is 1. The van der Waals surface area contributed by atoms with Gasteiger partial charge in [-0.1, -0.05) is 30.3 Å². The van der Waals surface area contributed by atoms with Gasteiger partial charge in [0.1, 0.15) is 12.3 Å². The first-order valence-electron chi connectivity index (χ1n) is 9.50. The molecule has 0 aromatic heterocycles. The van der Waals surface area contributed by atoms with Crippen LogP contribution in [0, 0.1) is 6.92 Å². The normalized spacial score (nSPS) is 11.3. The molecule has 0 aliphatic carbocycles. The third kappa shape index (κ3) is 5.70. The molecule has 31 heavy (non-hydrogen) atoms. The van der Waals surface area contributed by atoms with Crippen LogP contribution in [-0.2, 0) is 14.8 Å². The van der Waals surface area contributed by atoms with E-state index in [4.69, 9.17) is 4.74 Å². The molecule has 0 saturated heterocycles. The van der Waals surface area contributed by atoms with Gasteiger partial charge < -0.3 is 4.74 Å². The first kappa shape index (κ1) is 22.0. The highest BCUT2D eigenvalue weighted by molar-refractivity contribution is 7.92. The highest BCUT2D eigenvalue weighted by atomic mass is 32.2. The van der Waals surface area contributed by atoms with E-state index in [1.54, 1.807) is 67.8 Å². The molecule has 7 nitrogen and oxygen atoms in total. The zero-order chi connectivity index (χ0) is 22.3. The van der Waals surface area contributed by atoms with E-state index < -0.39 is 22.5 Å². The van der Waals surface area contributed by atoms with E-state index in [1.807, 2.05) is 13.0 Å². The molecule has 0 radical (unpaired) electrons. The topological polar surface area (TPSA) is 88.1 Å². The Morgan fingerprint density at radius 1 is 1.03 bits per heavy atom. The number of hydrogen-bond acceptors (Lipinski definition) is 5. The summed E-state index contributed by atoms with van der Waals surface area (Å²) in [4.78, 5) is 12.6. The van der Waals surface area contributed by atoms with Crippen LogP contribution >= 0.6 is 0 Å². The van der Waals surface area contributed by atoms with Gasteiger partial charge in [0.05, 0.1) is 23.9 Å². The summed E-state index contributed by atoms with van der Waals surface area (Å²) < 4.78 is 32.6. The number of sulfonamides is 1. The maximum absolute atomic E-state index is 13.2. The number of rotatable bonds is 8. The monoisotopic (exact) mass is 437 g/mol.